The van der Waals surface area contributed by atoms with E-state index in [0.717, 1.165) is 29.0 Å². The number of hydrogen-bond acceptors (Lipinski definition) is 5. The van der Waals surface area contributed by atoms with Gasteiger partial charge in [-0.3, -0.25) is 9.78 Å². The average molecular weight is 380 g/mol. The number of carbonyl (C=O) groups is 1. The van der Waals surface area contributed by atoms with Crippen LogP contribution in [-0.4, -0.2) is 46.2 Å². The first-order valence-corrected chi connectivity index (χ1v) is 9.57. The molecule has 0 aliphatic carbocycles. The summed E-state index contributed by atoms with van der Waals surface area (Å²) in [7, 11) is 0. The van der Waals surface area contributed by atoms with Crippen molar-refractivity contribution in [3.05, 3.63) is 54.1 Å². The number of aromatic nitrogens is 3. The third kappa shape index (κ3) is 4.48. The highest BCUT2D eigenvalue weighted by Gasteiger charge is 2.29. The topological polar surface area (TPSA) is 89.1 Å². The molecule has 1 amide bonds. The lowest BCUT2D eigenvalue weighted by molar-refractivity contribution is -0.124. The summed E-state index contributed by atoms with van der Waals surface area (Å²) in [6.07, 6.45) is 3.13. The molecule has 7 nitrogen and oxygen atoms in total. The van der Waals surface area contributed by atoms with Crippen LogP contribution >= 0.6 is 0 Å². The summed E-state index contributed by atoms with van der Waals surface area (Å²) in [4.78, 5) is 24.5. The normalized spacial score (nSPS) is 19.5. The molecule has 2 atom stereocenters. The van der Waals surface area contributed by atoms with Gasteiger partial charge in [-0.25, -0.2) is 4.98 Å². The van der Waals surface area contributed by atoms with Crippen molar-refractivity contribution in [1.82, 2.24) is 20.3 Å². The monoisotopic (exact) mass is 380 g/mol. The minimum atomic E-state index is -0.228. The predicted octanol–water partition coefficient (Wildman–Crippen LogP) is 2.55. The summed E-state index contributed by atoms with van der Waals surface area (Å²) < 4.78 is 11.5. The zero-order valence-corrected chi connectivity index (χ0v) is 15.9. The number of nitrogens with one attached hydrogen (secondary N) is 2. The second kappa shape index (κ2) is 8.39. The molecule has 1 saturated heterocycles. The maximum atomic E-state index is 12.5. The maximum Gasteiger partial charge on any atom is 0.220 e. The molecular formula is C21H24N4O3. The van der Waals surface area contributed by atoms with Crippen molar-refractivity contribution in [2.45, 2.75) is 38.3 Å². The first-order valence-electron chi connectivity index (χ1n) is 9.57. The van der Waals surface area contributed by atoms with Gasteiger partial charge in [0, 0.05) is 25.1 Å². The van der Waals surface area contributed by atoms with Gasteiger partial charge in [0.1, 0.15) is 17.7 Å². The molecule has 3 aromatic rings. The van der Waals surface area contributed by atoms with Gasteiger partial charge in [0.05, 0.1) is 29.9 Å². The highest BCUT2D eigenvalue weighted by atomic mass is 16.5. The summed E-state index contributed by atoms with van der Waals surface area (Å²) in [5, 5.41) is 3.10. The van der Waals surface area contributed by atoms with Crippen LogP contribution in [0.25, 0.3) is 11.0 Å². The van der Waals surface area contributed by atoms with Crippen molar-refractivity contribution < 1.29 is 14.3 Å². The van der Waals surface area contributed by atoms with Crippen molar-refractivity contribution in [2.24, 2.45) is 0 Å². The first kappa shape index (κ1) is 18.4. The molecule has 2 aromatic heterocycles. The van der Waals surface area contributed by atoms with Crippen molar-refractivity contribution in [1.29, 1.82) is 0 Å². The Hall–Kier alpha value is -2.93. The fourth-order valence-corrected chi connectivity index (χ4v) is 3.33. The van der Waals surface area contributed by atoms with Gasteiger partial charge < -0.3 is 19.8 Å². The van der Waals surface area contributed by atoms with Crippen LogP contribution in [0.3, 0.4) is 0 Å². The van der Waals surface area contributed by atoms with Crippen LogP contribution in [-0.2, 0) is 16.0 Å². The van der Waals surface area contributed by atoms with Gasteiger partial charge >= 0.3 is 0 Å². The number of fused-ring (bicyclic) bond motifs is 1. The number of para-hydroxylation sites is 2. The Morgan fingerprint density at radius 1 is 1.32 bits per heavy atom. The SMILES string of the molecule is Cc1ccc(OC2COCCC2NC(=O)CCc2nc3ccccc3[nH]2)cn1. The lowest BCUT2D eigenvalue weighted by Gasteiger charge is -2.32. The molecule has 7 heteroatoms. The fourth-order valence-electron chi connectivity index (χ4n) is 3.33. The third-order valence-corrected chi connectivity index (χ3v) is 4.85. The summed E-state index contributed by atoms with van der Waals surface area (Å²) in [5.41, 5.74) is 2.84. The molecule has 0 radical (unpaired) electrons. The Morgan fingerprint density at radius 2 is 2.21 bits per heavy atom. The molecule has 28 heavy (non-hydrogen) atoms. The molecule has 1 aliphatic rings. The van der Waals surface area contributed by atoms with Crippen LogP contribution in [0, 0.1) is 6.92 Å². The van der Waals surface area contributed by atoms with E-state index >= 15 is 0 Å². The number of imidazole rings is 1. The van der Waals surface area contributed by atoms with E-state index in [9.17, 15) is 4.79 Å². The van der Waals surface area contributed by atoms with E-state index in [1.54, 1.807) is 6.20 Å². The zero-order valence-electron chi connectivity index (χ0n) is 15.9. The highest BCUT2D eigenvalue weighted by Crippen LogP contribution is 2.18. The molecule has 2 N–H and O–H groups in total. The lowest BCUT2D eigenvalue weighted by Crippen LogP contribution is -2.51. The number of rotatable bonds is 6. The number of nitrogens with zero attached hydrogens (tertiary/aromatic N) is 2. The van der Waals surface area contributed by atoms with Crippen LogP contribution in [0.4, 0.5) is 0 Å². The number of pyridine rings is 1. The van der Waals surface area contributed by atoms with Gasteiger partial charge in [0.15, 0.2) is 0 Å². The van der Waals surface area contributed by atoms with Crippen molar-refractivity contribution in [2.75, 3.05) is 13.2 Å². The van der Waals surface area contributed by atoms with Gasteiger partial charge in [-0.05, 0) is 37.6 Å². The van der Waals surface area contributed by atoms with Gasteiger partial charge in [-0.1, -0.05) is 12.1 Å². The van der Waals surface area contributed by atoms with E-state index in [-0.39, 0.29) is 18.1 Å². The molecule has 3 heterocycles. The largest absolute Gasteiger partial charge is 0.484 e. The Bertz CT molecular complexity index is 905. The van der Waals surface area contributed by atoms with Crippen LogP contribution in [0.1, 0.15) is 24.4 Å². The maximum absolute atomic E-state index is 12.5. The van der Waals surface area contributed by atoms with E-state index < -0.39 is 0 Å². The van der Waals surface area contributed by atoms with Crippen molar-refractivity contribution in [3.63, 3.8) is 0 Å². The summed E-state index contributed by atoms with van der Waals surface area (Å²) >= 11 is 0. The molecule has 2 unspecified atom stereocenters. The molecule has 0 spiro atoms. The number of H-pyrrole nitrogens is 1. The van der Waals surface area contributed by atoms with Gasteiger partial charge in [0.25, 0.3) is 0 Å². The van der Waals surface area contributed by atoms with E-state index in [0.29, 0.717) is 31.8 Å². The lowest BCUT2D eigenvalue weighted by atomic mass is 10.1. The Morgan fingerprint density at radius 3 is 3.04 bits per heavy atom. The number of ether oxygens (including phenoxy) is 2. The molecule has 0 saturated carbocycles. The van der Waals surface area contributed by atoms with Crippen molar-refractivity contribution >= 4 is 16.9 Å². The molecule has 4 rings (SSSR count). The van der Waals surface area contributed by atoms with Crippen LogP contribution < -0.4 is 10.1 Å². The summed E-state index contributed by atoms with van der Waals surface area (Å²) in [5.74, 6) is 1.49. The van der Waals surface area contributed by atoms with E-state index in [4.69, 9.17) is 9.47 Å². The van der Waals surface area contributed by atoms with Crippen LogP contribution in [0.2, 0.25) is 0 Å². The Labute approximate surface area is 163 Å². The second-order valence-corrected chi connectivity index (χ2v) is 7.03. The second-order valence-electron chi connectivity index (χ2n) is 7.03. The van der Waals surface area contributed by atoms with Crippen LogP contribution in [0.5, 0.6) is 5.75 Å². The number of hydrogen-bond donors (Lipinski definition) is 2. The standard InChI is InChI=1S/C21H24N4O3/c1-14-6-7-15(12-22-14)28-19-13-27-11-10-18(19)25-21(26)9-8-20-23-16-4-2-3-5-17(16)24-20/h2-7,12,18-19H,8-11,13H2,1H3,(H,23,24)(H,25,26). The molecule has 1 aliphatic heterocycles. The first-order chi connectivity index (χ1) is 13.7. The highest BCUT2D eigenvalue weighted by molar-refractivity contribution is 5.77. The van der Waals surface area contributed by atoms with Gasteiger partial charge in [0.2, 0.25) is 5.91 Å². The molecule has 146 valence electrons. The quantitative estimate of drug-likeness (QED) is 0.686. The zero-order chi connectivity index (χ0) is 19.3. The van der Waals surface area contributed by atoms with E-state index in [1.807, 2.05) is 43.3 Å². The molecule has 1 aromatic carbocycles. The summed E-state index contributed by atoms with van der Waals surface area (Å²) in [6.45, 7) is 2.99. The minimum Gasteiger partial charge on any atom is -0.484 e. The van der Waals surface area contributed by atoms with E-state index in [2.05, 4.69) is 20.3 Å². The predicted molar refractivity (Wildman–Crippen MR) is 105 cm³/mol. The fraction of sp³-hybridized carbons (Fsp3) is 0.381. The number of benzene rings is 1. The molecular weight excluding hydrogens is 356 g/mol. The Balaban J connectivity index is 1.33. The number of aromatic amines is 1. The van der Waals surface area contributed by atoms with Gasteiger partial charge in [-0.2, -0.15) is 0 Å². The Kier molecular flexibility index (Phi) is 5.53. The van der Waals surface area contributed by atoms with Crippen molar-refractivity contribution in [3.8, 4) is 5.75 Å². The molecule has 1 fully saturated rings. The van der Waals surface area contributed by atoms with Gasteiger partial charge in [-0.15, -0.1) is 0 Å². The number of carbonyl (C=O) groups excluding carboxylic acids is 1. The van der Waals surface area contributed by atoms with Crippen LogP contribution in [0.15, 0.2) is 42.6 Å². The summed E-state index contributed by atoms with van der Waals surface area (Å²) in [6, 6.07) is 11.6. The molecule has 0 bridgehead atoms. The number of amides is 1. The third-order valence-electron chi connectivity index (χ3n) is 4.85. The average Bonchev–Trinajstić information content (AvgIpc) is 3.13. The van der Waals surface area contributed by atoms with E-state index in [1.165, 1.54) is 0 Å². The number of aryl methyl sites for hydroxylation is 2. The smallest absolute Gasteiger partial charge is 0.220 e. The minimum absolute atomic E-state index is 0.0111.